The van der Waals surface area contributed by atoms with Gasteiger partial charge in [-0.15, -0.1) is 0 Å². The predicted molar refractivity (Wildman–Crippen MR) is 226 cm³/mol. The zero-order valence-corrected chi connectivity index (χ0v) is 36.2. The van der Waals surface area contributed by atoms with Crippen LogP contribution in [-0.4, -0.2) is 124 Å². The standard InChI is InChI=1S/C44H64N6O10/c1-43(2,3)37(48-42(55)60-27-26-59-25-24-58-23-22-56-7)39(52)46-35(28-31-14-10-9-11-15-31)36(51)30-50(49-40(53)38(44(4,5)6)47-41(54)57-8)29-32-17-19-33(20-18-32)34-16-12-13-21-45-34/h9-21,35-38,51H,22-30H2,1-8H3,(H,46,52)(H,47,54)(H,48,55)(H,49,53). The quantitative estimate of drug-likeness (QED) is 0.0673. The summed E-state index contributed by atoms with van der Waals surface area (Å²) < 4.78 is 25.9. The highest BCUT2D eigenvalue weighted by Crippen LogP contribution is 2.23. The number of amides is 4. The first-order valence-corrected chi connectivity index (χ1v) is 20.0. The van der Waals surface area contributed by atoms with Gasteiger partial charge < -0.3 is 44.7 Å². The van der Waals surface area contributed by atoms with E-state index in [-0.39, 0.29) is 32.7 Å². The van der Waals surface area contributed by atoms with Crippen molar-refractivity contribution >= 4 is 24.0 Å². The summed E-state index contributed by atoms with van der Waals surface area (Å²) in [5.74, 6) is -1.08. The molecule has 4 atom stereocenters. The van der Waals surface area contributed by atoms with Gasteiger partial charge in [-0.2, -0.15) is 0 Å². The van der Waals surface area contributed by atoms with Gasteiger partial charge in [0.05, 0.1) is 58.0 Å². The number of carbonyl (C=O) groups excluding carboxylic acids is 4. The van der Waals surface area contributed by atoms with E-state index >= 15 is 0 Å². The van der Waals surface area contributed by atoms with Crippen LogP contribution in [0.15, 0.2) is 79.0 Å². The first-order valence-electron chi connectivity index (χ1n) is 20.0. The molecule has 1 aromatic heterocycles. The van der Waals surface area contributed by atoms with E-state index in [0.717, 1.165) is 22.4 Å². The number of carbonyl (C=O) groups is 4. The second kappa shape index (κ2) is 24.8. The number of rotatable bonds is 23. The van der Waals surface area contributed by atoms with Gasteiger partial charge in [0.15, 0.2) is 0 Å². The van der Waals surface area contributed by atoms with Crippen LogP contribution in [0.4, 0.5) is 9.59 Å². The molecule has 16 heteroatoms. The third-order valence-corrected chi connectivity index (χ3v) is 9.29. The van der Waals surface area contributed by atoms with Gasteiger partial charge in [0.1, 0.15) is 18.7 Å². The molecule has 4 unspecified atom stereocenters. The minimum atomic E-state index is -1.26. The molecule has 0 bridgehead atoms. The van der Waals surface area contributed by atoms with E-state index < -0.39 is 59.1 Å². The number of pyridine rings is 1. The minimum Gasteiger partial charge on any atom is -0.453 e. The Kier molecular flexibility index (Phi) is 20.4. The van der Waals surface area contributed by atoms with Crippen LogP contribution in [0, 0.1) is 10.8 Å². The Morgan fingerprint density at radius 3 is 1.85 bits per heavy atom. The normalized spacial score (nSPS) is 13.7. The average molecular weight is 837 g/mol. The number of aliphatic hydroxyl groups excluding tert-OH is 1. The smallest absolute Gasteiger partial charge is 0.407 e. The highest BCUT2D eigenvalue weighted by molar-refractivity contribution is 5.87. The average Bonchev–Trinajstić information content (AvgIpc) is 3.20. The Morgan fingerprint density at radius 1 is 0.683 bits per heavy atom. The van der Waals surface area contributed by atoms with Crippen LogP contribution in [0.3, 0.4) is 0 Å². The number of benzene rings is 2. The first kappa shape index (κ1) is 49.2. The van der Waals surface area contributed by atoms with Gasteiger partial charge in [0.2, 0.25) is 5.91 Å². The summed E-state index contributed by atoms with van der Waals surface area (Å²) in [6.07, 6.45) is -0.898. The third-order valence-electron chi connectivity index (χ3n) is 9.29. The highest BCUT2D eigenvalue weighted by Gasteiger charge is 2.37. The number of methoxy groups -OCH3 is 2. The van der Waals surface area contributed by atoms with Crippen LogP contribution in [0.1, 0.15) is 52.7 Å². The zero-order chi connectivity index (χ0) is 44.1. The number of alkyl carbamates (subject to hydrolysis) is 2. The summed E-state index contributed by atoms with van der Waals surface area (Å²) in [6, 6.07) is 19.7. The van der Waals surface area contributed by atoms with Crippen LogP contribution >= 0.6 is 0 Å². The van der Waals surface area contributed by atoms with Gasteiger partial charge in [-0.3, -0.25) is 20.0 Å². The fourth-order valence-corrected chi connectivity index (χ4v) is 6.02. The van der Waals surface area contributed by atoms with E-state index in [1.165, 1.54) is 7.11 Å². The van der Waals surface area contributed by atoms with Crippen LogP contribution in [0.2, 0.25) is 0 Å². The second-order valence-electron chi connectivity index (χ2n) is 16.4. The van der Waals surface area contributed by atoms with Crippen molar-refractivity contribution < 1.29 is 48.0 Å². The van der Waals surface area contributed by atoms with Gasteiger partial charge in [-0.25, -0.2) is 14.6 Å². The van der Waals surface area contributed by atoms with E-state index in [2.05, 4.69) is 26.4 Å². The Morgan fingerprint density at radius 2 is 1.27 bits per heavy atom. The number of nitrogens with zero attached hydrogens (tertiary/aromatic N) is 2. The summed E-state index contributed by atoms with van der Waals surface area (Å²) in [5, 5.41) is 21.9. The molecule has 16 nitrogen and oxygen atoms in total. The molecule has 0 spiro atoms. The van der Waals surface area contributed by atoms with Crippen molar-refractivity contribution in [3.8, 4) is 11.3 Å². The van der Waals surface area contributed by atoms with E-state index in [0.29, 0.717) is 26.4 Å². The molecule has 0 aliphatic carbocycles. The van der Waals surface area contributed by atoms with Gasteiger partial charge in [0, 0.05) is 32.0 Å². The molecule has 4 amide bonds. The van der Waals surface area contributed by atoms with Crippen molar-refractivity contribution in [1.82, 2.24) is 31.4 Å². The lowest BCUT2D eigenvalue weighted by atomic mass is 9.85. The van der Waals surface area contributed by atoms with Crippen LogP contribution in [0.25, 0.3) is 11.3 Å². The maximum absolute atomic E-state index is 14.1. The topological polar surface area (TPSA) is 199 Å². The van der Waals surface area contributed by atoms with Crippen molar-refractivity contribution in [1.29, 1.82) is 0 Å². The maximum Gasteiger partial charge on any atom is 0.407 e. The molecule has 0 saturated carbocycles. The van der Waals surface area contributed by atoms with E-state index in [9.17, 15) is 24.3 Å². The lowest BCUT2D eigenvalue weighted by Crippen LogP contribution is -2.61. The number of aliphatic hydroxyl groups is 1. The number of ether oxygens (including phenoxy) is 5. The number of nitrogens with one attached hydrogen (secondary N) is 4. The Balaban J connectivity index is 1.83. The molecule has 0 aliphatic heterocycles. The number of hydrogen-bond acceptors (Lipinski definition) is 12. The summed E-state index contributed by atoms with van der Waals surface area (Å²) in [4.78, 5) is 57.7. The van der Waals surface area contributed by atoms with Crippen molar-refractivity contribution in [2.75, 3.05) is 60.4 Å². The molecule has 3 rings (SSSR count). The molecular formula is C44H64N6O10. The van der Waals surface area contributed by atoms with Crippen molar-refractivity contribution in [2.45, 2.75) is 78.7 Å². The molecular weight excluding hydrogens is 773 g/mol. The lowest BCUT2D eigenvalue weighted by molar-refractivity contribution is -0.132. The Bertz CT molecular complexity index is 1740. The van der Waals surface area contributed by atoms with Crippen molar-refractivity contribution in [3.05, 3.63) is 90.1 Å². The molecule has 5 N–H and O–H groups in total. The summed E-state index contributed by atoms with van der Waals surface area (Å²) in [6.45, 7) is 12.5. The number of hydrazine groups is 1. The van der Waals surface area contributed by atoms with Crippen LogP contribution in [0.5, 0.6) is 0 Å². The molecule has 0 radical (unpaired) electrons. The zero-order valence-electron chi connectivity index (χ0n) is 36.2. The molecule has 0 aliphatic rings. The van der Waals surface area contributed by atoms with Gasteiger partial charge >= 0.3 is 12.2 Å². The van der Waals surface area contributed by atoms with Gasteiger partial charge in [-0.05, 0) is 40.5 Å². The highest BCUT2D eigenvalue weighted by atomic mass is 16.6. The van der Waals surface area contributed by atoms with Crippen molar-refractivity contribution in [3.63, 3.8) is 0 Å². The molecule has 3 aromatic rings. The Hall–Kier alpha value is -5.13. The second-order valence-corrected chi connectivity index (χ2v) is 16.4. The lowest BCUT2D eigenvalue weighted by Gasteiger charge is -2.35. The van der Waals surface area contributed by atoms with E-state index in [4.69, 9.17) is 23.7 Å². The van der Waals surface area contributed by atoms with Crippen LogP contribution in [-0.2, 0) is 46.2 Å². The van der Waals surface area contributed by atoms with Crippen molar-refractivity contribution in [2.24, 2.45) is 10.8 Å². The van der Waals surface area contributed by atoms with Gasteiger partial charge in [-0.1, -0.05) is 102 Å². The Labute approximate surface area is 354 Å². The summed E-state index contributed by atoms with van der Waals surface area (Å²) in [7, 11) is 2.81. The minimum absolute atomic E-state index is 0.0453. The van der Waals surface area contributed by atoms with E-state index in [1.54, 1.807) is 59.9 Å². The van der Waals surface area contributed by atoms with Gasteiger partial charge in [0.25, 0.3) is 5.91 Å². The molecule has 1 heterocycles. The molecule has 60 heavy (non-hydrogen) atoms. The SMILES string of the molecule is COCCOCCOCCOC(=O)NC(C(=O)NC(Cc1ccccc1)C(O)CN(Cc1ccc(-c2ccccn2)cc1)NC(=O)C(NC(=O)OC)C(C)(C)C)C(C)(C)C. The molecule has 2 aromatic carbocycles. The first-order chi connectivity index (χ1) is 28.5. The maximum atomic E-state index is 14.1. The number of aromatic nitrogens is 1. The number of hydrogen-bond donors (Lipinski definition) is 5. The molecule has 0 saturated heterocycles. The third kappa shape index (κ3) is 17.6. The molecule has 0 fully saturated rings. The largest absolute Gasteiger partial charge is 0.453 e. The summed E-state index contributed by atoms with van der Waals surface area (Å²) in [5.41, 5.74) is 4.75. The van der Waals surface area contributed by atoms with E-state index in [1.807, 2.05) is 72.8 Å². The summed E-state index contributed by atoms with van der Waals surface area (Å²) >= 11 is 0. The fraction of sp³-hybridized carbons (Fsp3) is 0.523. The van der Waals surface area contributed by atoms with Crippen LogP contribution < -0.4 is 21.4 Å². The molecule has 330 valence electrons. The fourth-order valence-electron chi connectivity index (χ4n) is 6.02. The monoisotopic (exact) mass is 836 g/mol. The predicted octanol–water partition coefficient (Wildman–Crippen LogP) is 4.26.